The first kappa shape index (κ1) is 20.8. The maximum absolute atomic E-state index is 6.27. The number of para-hydroxylation sites is 1. The van der Waals surface area contributed by atoms with Gasteiger partial charge in [0.25, 0.3) is 0 Å². The third-order valence-corrected chi connectivity index (χ3v) is 5.83. The van der Waals surface area contributed by atoms with E-state index in [4.69, 9.17) is 27.9 Å². The zero-order valence-corrected chi connectivity index (χ0v) is 18.1. The number of allylic oxidation sites excluding steroid dienone is 1. The van der Waals surface area contributed by atoms with E-state index >= 15 is 0 Å². The summed E-state index contributed by atoms with van der Waals surface area (Å²) >= 11 is 13.8. The summed E-state index contributed by atoms with van der Waals surface area (Å²) in [7, 11) is 0. The average molecular weight is 434 g/mol. The first-order valence-electron chi connectivity index (χ1n) is 8.78. The lowest BCUT2D eigenvalue weighted by Gasteiger charge is -2.12. The molecule has 4 nitrogen and oxygen atoms in total. The second-order valence-electron chi connectivity index (χ2n) is 6.33. The summed E-state index contributed by atoms with van der Waals surface area (Å²) in [6, 6.07) is 11.6. The van der Waals surface area contributed by atoms with E-state index in [9.17, 15) is 0 Å². The van der Waals surface area contributed by atoms with Gasteiger partial charge in [0.2, 0.25) is 0 Å². The molecule has 3 rings (SSSR count). The zero-order chi connectivity index (χ0) is 20.1. The van der Waals surface area contributed by atoms with Crippen molar-refractivity contribution in [2.45, 2.75) is 37.9 Å². The molecule has 0 atom stereocenters. The van der Waals surface area contributed by atoms with Gasteiger partial charge < -0.3 is 4.74 Å². The van der Waals surface area contributed by atoms with Crippen LogP contribution in [0.15, 0.2) is 54.2 Å². The molecule has 0 saturated carbocycles. The van der Waals surface area contributed by atoms with Crippen LogP contribution in [0.4, 0.5) is 0 Å². The molecular weight excluding hydrogens is 413 g/mol. The Labute approximate surface area is 179 Å². The molecular formula is C21H21Cl2N3OS. The predicted molar refractivity (Wildman–Crippen MR) is 116 cm³/mol. The van der Waals surface area contributed by atoms with Crippen LogP contribution in [0.25, 0.3) is 0 Å². The average Bonchev–Trinajstić information content (AvgIpc) is 3.03. The van der Waals surface area contributed by atoms with Gasteiger partial charge in [-0.25, -0.2) is 0 Å². The molecule has 0 saturated heterocycles. The van der Waals surface area contributed by atoms with Crippen molar-refractivity contribution in [1.29, 1.82) is 0 Å². The van der Waals surface area contributed by atoms with Crippen molar-refractivity contribution in [3.8, 4) is 5.75 Å². The van der Waals surface area contributed by atoms with Gasteiger partial charge in [0.15, 0.2) is 11.0 Å². The number of rotatable bonds is 8. The topological polar surface area (TPSA) is 39.9 Å². The maximum Gasteiger partial charge on any atom is 0.191 e. The second kappa shape index (κ2) is 9.50. The number of nitrogens with zero attached hydrogens (tertiary/aromatic N) is 3. The fraction of sp³-hybridized carbons (Fsp3) is 0.238. The molecule has 0 bridgehead atoms. The highest BCUT2D eigenvalue weighted by atomic mass is 35.5. The highest BCUT2D eigenvalue weighted by molar-refractivity contribution is 7.98. The standard InChI is InChI=1S/C21H21Cl2N3OS/c1-4-10-26-19(12-27-20-14(2)6-5-7-15(20)3)24-25-21(26)28-13-16-8-9-17(22)11-18(16)23/h4-9,11H,1,10,12-13H2,2-3H3. The van der Waals surface area contributed by atoms with Crippen LogP contribution >= 0.6 is 35.0 Å². The molecule has 0 amide bonds. The normalized spacial score (nSPS) is 10.9. The van der Waals surface area contributed by atoms with Crippen molar-refractivity contribution in [3.05, 3.63) is 81.6 Å². The van der Waals surface area contributed by atoms with Gasteiger partial charge in [-0.15, -0.1) is 16.8 Å². The monoisotopic (exact) mass is 433 g/mol. The Morgan fingerprint density at radius 1 is 1.14 bits per heavy atom. The van der Waals surface area contributed by atoms with Crippen LogP contribution in [-0.2, 0) is 18.9 Å². The number of hydrogen-bond acceptors (Lipinski definition) is 4. The minimum atomic E-state index is 0.342. The Morgan fingerprint density at radius 3 is 2.57 bits per heavy atom. The fourth-order valence-corrected chi connectivity index (χ4v) is 4.31. The van der Waals surface area contributed by atoms with Crippen molar-refractivity contribution in [1.82, 2.24) is 14.8 Å². The van der Waals surface area contributed by atoms with Crippen LogP contribution in [0.5, 0.6) is 5.75 Å². The molecule has 0 spiro atoms. The van der Waals surface area contributed by atoms with Gasteiger partial charge in [0.1, 0.15) is 12.4 Å². The van der Waals surface area contributed by atoms with Crippen LogP contribution in [0.1, 0.15) is 22.5 Å². The van der Waals surface area contributed by atoms with E-state index < -0.39 is 0 Å². The molecule has 1 heterocycles. The molecule has 0 unspecified atom stereocenters. The minimum Gasteiger partial charge on any atom is -0.485 e. The number of aromatic nitrogens is 3. The lowest BCUT2D eigenvalue weighted by atomic mass is 10.1. The molecule has 7 heteroatoms. The summed E-state index contributed by atoms with van der Waals surface area (Å²) in [5.41, 5.74) is 3.20. The van der Waals surface area contributed by atoms with Crippen molar-refractivity contribution in [2.24, 2.45) is 0 Å². The van der Waals surface area contributed by atoms with E-state index in [0.717, 1.165) is 33.4 Å². The van der Waals surface area contributed by atoms with Gasteiger partial charge in [0.05, 0.1) is 0 Å². The number of benzene rings is 2. The Hall–Kier alpha value is -1.95. The third-order valence-electron chi connectivity index (χ3n) is 4.23. The number of halogens is 2. The smallest absolute Gasteiger partial charge is 0.191 e. The molecule has 0 aliphatic rings. The van der Waals surface area contributed by atoms with Crippen molar-refractivity contribution in [2.75, 3.05) is 0 Å². The number of hydrogen-bond donors (Lipinski definition) is 0. The molecule has 0 aliphatic heterocycles. The molecule has 1 aromatic heterocycles. The quantitative estimate of drug-likeness (QED) is 0.310. The zero-order valence-electron chi connectivity index (χ0n) is 15.8. The largest absolute Gasteiger partial charge is 0.485 e. The minimum absolute atomic E-state index is 0.342. The van der Waals surface area contributed by atoms with Gasteiger partial charge in [-0.3, -0.25) is 4.57 Å². The van der Waals surface area contributed by atoms with Crippen molar-refractivity contribution < 1.29 is 4.74 Å². The Balaban J connectivity index is 1.75. The summed E-state index contributed by atoms with van der Waals surface area (Å²) in [6.45, 7) is 8.86. The van der Waals surface area contributed by atoms with Crippen molar-refractivity contribution in [3.63, 3.8) is 0 Å². The Bertz CT molecular complexity index is 968. The summed E-state index contributed by atoms with van der Waals surface area (Å²) in [5.74, 6) is 2.31. The number of ether oxygens (including phenoxy) is 1. The SMILES string of the molecule is C=CCn1c(COc2c(C)cccc2C)nnc1SCc1ccc(Cl)cc1Cl. The third kappa shape index (κ3) is 4.90. The molecule has 3 aromatic rings. The molecule has 0 fully saturated rings. The Morgan fingerprint density at radius 2 is 1.89 bits per heavy atom. The van der Waals surface area contributed by atoms with Gasteiger partial charge >= 0.3 is 0 Å². The van der Waals surface area contributed by atoms with Gasteiger partial charge in [-0.05, 0) is 42.7 Å². The van der Waals surface area contributed by atoms with Crippen LogP contribution in [-0.4, -0.2) is 14.8 Å². The first-order valence-corrected chi connectivity index (χ1v) is 10.5. The van der Waals surface area contributed by atoms with E-state index in [-0.39, 0.29) is 0 Å². The van der Waals surface area contributed by atoms with Gasteiger partial charge in [-0.1, -0.05) is 65.3 Å². The molecule has 0 N–H and O–H groups in total. The van der Waals surface area contributed by atoms with E-state index in [2.05, 4.69) is 16.8 Å². The predicted octanol–water partition coefficient (Wildman–Crippen LogP) is 6.26. The van der Waals surface area contributed by atoms with E-state index in [1.54, 1.807) is 17.8 Å². The number of thioether (sulfide) groups is 1. The summed E-state index contributed by atoms with van der Waals surface area (Å²) in [4.78, 5) is 0. The molecule has 146 valence electrons. The van der Waals surface area contributed by atoms with E-state index in [0.29, 0.717) is 28.9 Å². The summed E-state index contributed by atoms with van der Waals surface area (Å²) < 4.78 is 8.06. The molecule has 2 aromatic carbocycles. The first-order chi connectivity index (χ1) is 13.5. The fourth-order valence-electron chi connectivity index (χ4n) is 2.79. The molecule has 0 aliphatic carbocycles. The van der Waals surface area contributed by atoms with Gasteiger partial charge in [0, 0.05) is 22.3 Å². The van der Waals surface area contributed by atoms with Crippen LogP contribution in [0, 0.1) is 13.8 Å². The van der Waals surface area contributed by atoms with Crippen LogP contribution in [0.3, 0.4) is 0 Å². The van der Waals surface area contributed by atoms with Crippen LogP contribution < -0.4 is 4.74 Å². The van der Waals surface area contributed by atoms with Crippen molar-refractivity contribution >= 4 is 35.0 Å². The highest BCUT2D eigenvalue weighted by Crippen LogP contribution is 2.29. The lowest BCUT2D eigenvalue weighted by Crippen LogP contribution is -2.08. The maximum atomic E-state index is 6.27. The second-order valence-corrected chi connectivity index (χ2v) is 8.12. The van der Waals surface area contributed by atoms with E-state index in [1.807, 2.05) is 54.8 Å². The number of aryl methyl sites for hydroxylation is 2. The molecule has 28 heavy (non-hydrogen) atoms. The summed E-state index contributed by atoms with van der Waals surface area (Å²) in [5, 5.41) is 10.7. The Kier molecular flexibility index (Phi) is 7.05. The molecule has 0 radical (unpaired) electrons. The lowest BCUT2D eigenvalue weighted by molar-refractivity contribution is 0.285. The van der Waals surface area contributed by atoms with Gasteiger partial charge in [-0.2, -0.15) is 0 Å². The van der Waals surface area contributed by atoms with Crippen LogP contribution in [0.2, 0.25) is 10.0 Å². The van der Waals surface area contributed by atoms with E-state index in [1.165, 1.54) is 0 Å². The summed E-state index contributed by atoms with van der Waals surface area (Å²) in [6.07, 6.45) is 1.82. The highest BCUT2D eigenvalue weighted by Gasteiger charge is 2.14.